The Kier molecular flexibility index (Phi) is 4.08. The smallest absolute Gasteiger partial charge is 0.324 e. The van der Waals surface area contributed by atoms with Crippen LogP contribution in [-0.4, -0.2) is 27.6 Å². The number of benzene rings is 2. The van der Waals surface area contributed by atoms with Crippen molar-refractivity contribution in [1.82, 2.24) is 4.98 Å². The van der Waals surface area contributed by atoms with E-state index in [-0.39, 0.29) is 6.42 Å². The molecule has 2 aromatic carbocycles. The normalized spacial score (nSPS) is 16.4. The molecule has 3 N–H and O–H groups in total. The molecular formula is C18H18NO4P. The monoisotopic (exact) mass is 343 g/mol. The lowest BCUT2D eigenvalue weighted by atomic mass is 9.93. The number of fused-ring (bicyclic) bond motifs is 1. The number of carboxylic acids is 1. The minimum atomic E-state index is -4.01. The standard InChI is InChI=1S/C18H18NO4P/c1-24(22,23)18(17(20)21,14-8-3-2-4-9-14)12-15-11-13-7-5-6-10-16(13)19-15/h2-11,19H,12H2,1H3,(H,20,21)(H,22,23). The molecule has 124 valence electrons. The minimum absolute atomic E-state index is 0.0920. The summed E-state index contributed by atoms with van der Waals surface area (Å²) in [6.07, 6.45) is -0.0920. The topological polar surface area (TPSA) is 90.4 Å². The minimum Gasteiger partial charge on any atom is -0.480 e. The second-order valence-electron chi connectivity index (χ2n) is 5.97. The van der Waals surface area contributed by atoms with Gasteiger partial charge in [-0.15, -0.1) is 0 Å². The predicted molar refractivity (Wildman–Crippen MR) is 93.5 cm³/mol. The zero-order valence-corrected chi connectivity index (χ0v) is 14.0. The van der Waals surface area contributed by atoms with Crippen LogP contribution >= 0.6 is 7.37 Å². The van der Waals surface area contributed by atoms with Gasteiger partial charge in [-0.1, -0.05) is 48.5 Å². The maximum Gasteiger partial charge on any atom is 0.324 e. The van der Waals surface area contributed by atoms with Crippen molar-refractivity contribution in [2.24, 2.45) is 0 Å². The molecule has 2 unspecified atom stereocenters. The van der Waals surface area contributed by atoms with Crippen molar-refractivity contribution in [2.75, 3.05) is 6.66 Å². The van der Waals surface area contributed by atoms with E-state index in [4.69, 9.17) is 0 Å². The number of H-pyrrole nitrogens is 1. The molecule has 6 heteroatoms. The maximum absolute atomic E-state index is 12.7. The summed E-state index contributed by atoms with van der Waals surface area (Å²) in [6, 6.07) is 17.6. The van der Waals surface area contributed by atoms with Gasteiger partial charge >= 0.3 is 5.97 Å². The van der Waals surface area contributed by atoms with Gasteiger partial charge in [-0.3, -0.25) is 9.36 Å². The van der Waals surface area contributed by atoms with Crippen LogP contribution in [-0.2, 0) is 20.9 Å². The molecule has 0 aliphatic carbocycles. The highest BCUT2D eigenvalue weighted by Crippen LogP contribution is 2.59. The van der Waals surface area contributed by atoms with Crippen LogP contribution in [0.15, 0.2) is 60.7 Å². The van der Waals surface area contributed by atoms with Gasteiger partial charge in [-0.2, -0.15) is 0 Å². The van der Waals surface area contributed by atoms with E-state index in [0.717, 1.165) is 17.6 Å². The van der Waals surface area contributed by atoms with E-state index in [1.54, 1.807) is 30.3 Å². The summed E-state index contributed by atoms with van der Waals surface area (Å²) in [7, 11) is -4.01. The van der Waals surface area contributed by atoms with Crippen molar-refractivity contribution in [2.45, 2.75) is 11.6 Å². The van der Waals surface area contributed by atoms with E-state index >= 15 is 0 Å². The van der Waals surface area contributed by atoms with Crippen LogP contribution in [0.1, 0.15) is 11.3 Å². The first-order valence-corrected chi connectivity index (χ1v) is 9.61. The van der Waals surface area contributed by atoms with E-state index in [1.807, 2.05) is 30.3 Å². The molecule has 0 fully saturated rings. The summed E-state index contributed by atoms with van der Waals surface area (Å²) in [5.74, 6) is -1.30. The highest BCUT2D eigenvalue weighted by Gasteiger charge is 2.53. The molecule has 0 saturated heterocycles. The Hall–Kier alpha value is -2.36. The molecule has 0 saturated carbocycles. The number of rotatable bonds is 5. The summed E-state index contributed by atoms with van der Waals surface area (Å²) < 4.78 is 12.7. The largest absolute Gasteiger partial charge is 0.480 e. The van der Waals surface area contributed by atoms with E-state index in [0.29, 0.717) is 11.3 Å². The fourth-order valence-electron chi connectivity index (χ4n) is 3.08. The molecule has 0 aliphatic heterocycles. The van der Waals surface area contributed by atoms with Crippen LogP contribution in [0.3, 0.4) is 0 Å². The number of carboxylic acid groups (broad SMARTS) is 1. The molecular weight excluding hydrogens is 325 g/mol. The third-order valence-corrected chi connectivity index (χ3v) is 6.37. The van der Waals surface area contributed by atoms with Gasteiger partial charge in [0.2, 0.25) is 7.37 Å². The van der Waals surface area contributed by atoms with E-state index in [1.165, 1.54) is 0 Å². The van der Waals surface area contributed by atoms with Gasteiger partial charge in [0.05, 0.1) is 0 Å². The van der Waals surface area contributed by atoms with Crippen molar-refractivity contribution in [1.29, 1.82) is 0 Å². The van der Waals surface area contributed by atoms with E-state index in [9.17, 15) is 19.4 Å². The lowest BCUT2D eigenvalue weighted by molar-refractivity contribution is -0.140. The molecule has 0 bridgehead atoms. The quantitative estimate of drug-likeness (QED) is 0.618. The van der Waals surface area contributed by atoms with Crippen molar-refractivity contribution >= 4 is 24.2 Å². The number of carbonyl (C=O) groups is 1. The van der Waals surface area contributed by atoms with Crippen LogP contribution in [0.2, 0.25) is 0 Å². The highest BCUT2D eigenvalue weighted by molar-refractivity contribution is 7.59. The zero-order valence-electron chi connectivity index (χ0n) is 13.1. The van der Waals surface area contributed by atoms with Crippen molar-refractivity contribution in [3.63, 3.8) is 0 Å². The molecule has 1 heterocycles. The van der Waals surface area contributed by atoms with Gasteiger partial charge < -0.3 is 15.0 Å². The summed E-state index contributed by atoms with van der Waals surface area (Å²) in [5.41, 5.74) is 1.80. The summed E-state index contributed by atoms with van der Waals surface area (Å²) in [5, 5.41) is 8.94. The van der Waals surface area contributed by atoms with Crippen LogP contribution in [0.5, 0.6) is 0 Å². The fourth-order valence-corrected chi connectivity index (χ4v) is 4.53. The van der Waals surface area contributed by atoms with Gasteiger partial charge in [0.25, 0.3) is 0 Å². The Bertz CT molecular complexity index is 895. The molecule has 0 amide bonds. The number of para-hydroxylation sites is 1. The molecule has 2 atom stereocenters. The van der Waals surface area contributed by atoms with Crippen molar-refractivity contribution < 1.29 is 19.4 Å². The molecule has 0 radical (unpaired) electrons. The van der Waals surface area contributed by atoms with Gasteiger partial charge in [0, 0.05) is 24.3 Å². The molecule has 0 spiro atoms. The maximum atomic E-state index is 12.7. The SMILES string of the molecule is CP(=O)(O)C(Cc1cc2ccccc2[nH]1)(C(=O)O)c1ccccc1. The fraction of sp³-hybridized carbons (Fsp3) is 0.167. The number of aromatic amines is 1. The Morgan fingerprint density at radius 1 is 1.12 bits per heavy atom. The third kappa shape index (κ3) is 2.66. The number of hydrogen-bond acceptors (Lipinski definition) is 2. The van der Waals surface area contributed by atoms with Gasteiger partial charge in [-0.05, 0) is 23.1 Å². The Balaban J connectivity index is 2.18. The van der Waals surface area contributed by atoms with Gasteiger partial charge in [0.15, 0.2) is 5.16 Å². The number of aliphatic carboxylic acids is 1. The van der Waals surface area contributed by atoms with Crippen LogP contribution in [0.25, 0.3) is 10.9 Å². The average molecular weight is 343 g/mol. The number of hydrogen-bond donors (Lipinski definition) is 3. The first kappa shape index (κ1) is 16.5. The van der Waals surface area contributed by atoms with Gasteiger partial charge in [-0.25, -0.2) is 0 Å². The number of aromatic nitrogens is 1. The second kappa shape index (κ2) is 5.93. The highest BCUT2D eigenvalue weighted by atomic mass is 31.2. The molecule has 1 aromatic heterocycles. The Morgan fingerprint density at radius 2 is 1.75 bits per heavy atom. The Labute approximate surface area is 139 Å². The zero-order chi connectivity index (χ0) is 17.4. The van der Waals surface area contributed by atoms with Crippen molar-refractivity contribution in [3.8, 4) is 0 Å². The molecule has 0 aliphatic rings. The Morgan fingerprint density at radius 3 is 2.33 bits per heavy atom. The molecule has 3 aromatic rings. The second-order valence-corrected chi connectivity index (χ2v) is 8.49. The number of nitrogens with one attached hydrogen (secondary N) is 1. The van der Waals surface area contributed by atoms with E-state index < -0.39 is 18.5 Å². The van der Waals surface area contributed by atoms with Crippen LogP contribution < -0.4 is 0 Å². The van der Waals surface area contributed by atoms with Gasteiger partial charge in [0.1, 0.15) is 0 Å². The average Bonchev–Trinajstić information content (AvgIpc) is 2.94. The summed E-state index contributed by atoms with van der Waals surface area (Å²) in [6.45, 7) is 1.11. The van der Waals surface area contributed by atoms with Crippen LogP contribution in [0, 0.1) is 0 Å². The third-order valence-electron chi connectivity index (χ3n) is 4.35. The molecule has 3 rings (SSSR count). The summed E-state index contributed by atoms with van der Waals surface area (Å²) in [4.78, 5) is 25.6. The van der Waals surface area contributed by atoms with Crippen molar-refractivity contribution in [3.05, 3.63) is 71.9 Å². The molecule has 5 nitrogen and oxygen atoms in total. The van der Waals surface area contributed by atoms with E-state index in [2.05, 4.69) is 4.98 Å². The predicted octanol–water partition coefficient (Wildman–Crippen LogP) is 3.59. The first-order valence-electron chi connectivity index (χ1n) is 7.50. The van der Waals surface area contributed by atoms with Crippen LogP contribution in [0.4, 0.5) is 0 Å². The lowest BCUT2D eigenvalue weighted by Gasteiger charge is -2.32. The lowest BCUT2D eigenvalue weighted by Crippen LogP contribution is -2.38. The molecule has 24 heavy (non-hydrogen) atoms. The first-order chi connectivity index (χ1) is 11.3. The summed E-state index contributed by atoms with van der Waals surface area (Å²) >= 11 is 0.